The minimum atomic E-state index is 0.150. The minimum absolute atomic E-state index is 0.150. The van der Waals surface area contributed by atoms with Crippen molar-refractivity contribution in [1.29, 1.82) is 0 Å². The van der Waals surface area contributed by atoms with E-state index in [0.29, 0.717) is 17.7 Å². The summed E-state index contributed by atoms with van der Waals surface area (Å²) in [7, 11) is 0. The average Bonchev–Trinajstić information content (AvgIpc) is 2.55. The normalized spacial score (nSPS) is 20.2. The molecule has 2 fully saturated rings. The number of rotatable bonds is 4. The Morgan fingerprint density at radius 1 is 1.12 bits per heavy atom. The molecule has 5 heteroatoms. The molecule has 1 amide bonds. The molecule has 1 aromatic heterocycles. The molecule has 1 saturated carbocycles. The zero-order valence-electron chi connectivity index (χ0n) is 15.0. The molecule has 0 N–H and O–H groups in total. The molecule has 5 nitrogen and oxygen atoms in total. The standard InChI is InChI=1S/C19H29N3O2/c1-14-12-18(21-15(2)20-14)24-17-8-10-22(11-9-17)19(23)13-16-6-4-3-5-7-16/h12,16-17H,3-11,13H2,1-2H3. The van der Waals surface area contributed by atoms with Gasteiger partial charge in [-0.2, -0.15) is 4.98 Å². The predicted octanol–water partition coefficient (Wildman–Crippen LogP) is 3.43. The molecule has 1 aromatic rings. The van der Waals surface area contributed by atoms with Gasteiger partial charge in [0.15, 0.2) is 0 Å². The van der Waals surface area contributed by atoms with Gasteiger partial charge in [0.1, 0.15) is 11.9 Å². The molecule has 1 aliphatic carbocycles. The van der Waals surface area contributed by atoms with Crippen LogP contribution in [0.2, 0.25) is 0 Å². The third-order valence-electron chi connectivity index (χ3n) is 5.21. The number of likely N-dealkylation sites (tertiary alicyclic amines) is 1. The Morgan fingerprint density at radius 2 is 1.83 bits per heavy atom. The fraction of sp³-hybridized carbons (Fsp3) is 0.737. The van der Waals surface area contributed by atoms with Gasteiger partial charge in [-0.3, -0.25) is 4.79 Å². The zero-order chi connectivity index (χ0) is 16.9. The molecule has 1 saturated heterocycles. The van der Waals surface area contributed by atoms with Crippen LogP contribution in [0.4, 0.5) is 0 Å². The Balaban J connectivity index is 1.45. The van der Waals surface area contributed by atoms with Gasteiger partial charge in [0, 0.05) is 44.1 Å². The number of aryl methyl sites for hydroxylation is 2. The van der Waals surface area contributed by atoms with Crippen LogP contribution in [0.1, 0.15) is 62.9 Å². The van der Waals surface area contributed by atoms with Crippen molar-refractivity contribution in [2.45, 2.75) is 71.3 Å². The summed E-state index contributed by atoms with van der Waals surface area (Å²) in [6, 6.07) is 1.88. The molecule has 2 aliphatic rings. The summed E-state index contributed by atoms with van der Waals surface area (Å²) in [5, 5.41) is 0. The lowest BCUT2D eigenvalue weighted by molar-refractivity contribution is -0.134. The molecule has 24 heavy (non-hydrogen) atoms. The van der Waals surface area contributed by atoms with Crippen molar-refractivity contribution in [3.05, 3.63) is 17.6 Å². The Kier molecular flexibility index (Phi) is 5.69. The van der Waals surface area contributed by atoms with E-state index in [-0.39, 0.29) is 6.10 Å². The molecule has 0 radical (unpaired) electrons. The molecule has 1 aliphatic heterocycles. The second kappa shape index (κ2) is 7.95. The van der Waals surface area contributed by atoms with Crippen molar-refractivity contribution in [2.75, 3.05) is 13.1 Å². The smallest absolute Gasteiger partial charge is 0.222 e. The van der Waals surface area contributed by atoms with Crippen LogP contribution in [-0.4, -0.2) is 40.0 Å². The fourth-order valence-electron chi connectivity index (χ4n) is 3.90. The van der Waals surface area contributed by atoms with Crippen molar-refractivity contribution < 1.29 is 9.53 Å². The second-order valence-corrected chi connectivity index (χ2v) is 7.30. The summed E-state index contributed by atoms with van der Waals surface area (Å²) in [6.45, 7) is 5.44. The van der Waals surface area contributed by atoms with Crippen molar-refractivity contribution in [2.24, 2.45) is 5.92 Å². The molecule has 0 unspecified atom stereocenters. The average molecular weight is 331 g/mol. The minimum Gasteiger partial charge on any atom is -0.474 e. The van der Waals surface area contributed by atoms with Gasteiger partial charge in [0.05, 0.1) is 0 Å². The quantitative estimate of drug-likeness (QED) is 0.848. The molecule has 0 spiro atoms. The number of ether oxygens (including phenoxy) is 1. The number of carbonyl (C=O) groups excluding carboxylic acids is 1. The van der Waals surface area contributed by atoms with Gasteiger partial charge in [-0.15, -0.1) is 0 Å². The van der Waals surface area contributed by atoms with Gasteiger partial charge in [-0.1, -0.05) is 19.3 Å². The Hall–Kier alpha value is -1.65. The number of amides is 1. The molecule has 0 aromatic carbocycles. The summed E-state index contributed by atoms with van der Waals surface area (Å²) >= 11 is 0. The fourth-order valence-corrected chi connectivity index (χ4v) is 3.90. The Labute approximate surface area is 144 Å². The van der Waals surface area contributed by atoms with Gasteiger partial charge in [-0.25, -0.2) is 4.98 Å². The van der Waals surface area contributed by atoms with E-state index >= 15 is 0 Å². The number of hydrogen-bond donors (Lipinski definition) is 0. The number of nitrogens with zero attached hydrogens (tertiary/aromatic N) is 3. The third kappa shape index (κ3) is 4.68. The van der Waals surface area contributed by atoms with E-state index in [1.807, 2.05) is 24.8 Å². The molecular weight excluding hydrogens is 302 g/mol. The van der Waals surface area contributed by atoms with E-state index in [9.17, 15) is 4.79 Å². The number of carbonyl (C=O) groups is 1. The van der Waals surface area contributed by atoms with Crippen LogP contribution in [0.5, 0.6) is 5.88 Å². The molecule has 3 rings (SSSR count). The largest absolute Gasteiger partial charge is 0.474 e. The second-order valence-electron chi connectivity index (χ2n) is 7.30. The molecule has 0 atom stereocenters. The van der Waals surface area contributed by atoms with Crippen molar-refractivity contribution >= 4 is 5.91 Å². The Morgan fingerprint density at radius 3 is 2.50 bits per heavy atom. The van der Waals surface area contributed by atoms with Gasteiger partial charge >= 0.3 is 0 Å². The van der Waals surface area contributed by atoms with Crippen LogP contribution in [-0.2, 0) is 4.79 Å². The van der Waals surface area contributed by atoms with E-state index in [1.165, 1.54) is 32.1 Å². The Bertz CT molecular complexity index is 541. The zero-order valence-corrected chi connectivity index (χ0v) is 15.0. The van der Waals surface area contributed by atoms with E-state index in [2.05, 4.69) is 9.97 Å². The first-order valence-corrected chi connectivity index (χ1v) is 9.37. The lowest BCUT2D eigenvalue weighted by Crippen LogP contribution is -2.42. The van der Waals surface area contributed by atoms with E-state index in [1.54, 1.807) is 0 Å². The van der Waals surface area contributed by atoms with Crippen LogP contribution in [0.25, 0.3) is 0 Å². The van der Waals surface area contributed by atoms with Crippen molar-refractivity contribution in [3.63, 3.8) is 0 Å². The molecular formula is C19H29N3O2. The molecule has 0 bridgehead atoms. The third-order valence-corrected chi connectivity index (χ3v) is 5.21. The van der Waals surface area contributed by atoms with Crippen molar-refractivity contribution in [3.8, 4) is 5.88 Å². The highest BCUT2D eigenvalue weighted by molar-refractivity contribution is 5.76. The van der Waals surface area contributed by atoms with Crippen LogP contribution in [0.15, 0.2) is 6.07 Å². The maximum Gasteiger partial charge on any atom is 0.222 e. The summed E-state index contributed by atoms with van der Waals surface area (Å²) in [5.41, 5.74) is 0.928. The first kappa shape index (κ1) is 17.2. The van der Waals surface area contributed by atoms with E-state index < -0.39 is 0 Å². The maximum atomic E-state index is 12.5. The lowest BCUT2D eigenvalue weighted by Gasteiger charge is -2.33. The van der Waals surface area contributed by atoms with E-state index in [4.69, 9.17) is 4.74 Å². The monoisotopic (exact) mass is 331 g/mol. The first-order chi connectivity index (χ1) is 11.6. The highest BCUT2D eigenvalue weighted by Crippen LogP contribution is 2.27. The summed E-state index contributed by atoms with van der Waals surface area (Å²) < 4.78 is 6.01. The molecule has 2 heterocycles. The maximum absolute atomic E-state index is 12.5. The lowest BCUT2D eigenvalue weighted by atomic mass is 9.86. The first-order valence-electron chi connectivity index (χ1n) is 9.37. The van der Waals surface area contributed by atoms with Crippen LogP contribution < -0.4 is 4.74 Å². The van der Waals surface area contributed by atoms with Gasteiger partial charge in [0.25, 0.3) is 0 Å². The van der Waals surface area contributed by atoms with Crippen LogP contribution >= 0.6 is 0 Å². The van der Waals surface area contributed by atoms with Crippen molar-refractivity contribution in [1.82, 2.24) is 14.9 Å². The molecule has 132 valence electrons. The SMILES string of the molecule is Cc1cc(OC2CCN(C(=O)CC3CCCCC3)CC2)nc(C)n1. The van der Waals surface area contributed by atoms with Gasteiger partial charge < -0.3 is 9.64 Å². The number of hydrogen-bond acceptors (Lipinski definition) is 4. The highest BCUT2D eigenvalue weighted by Gasteiger charge is 2.26. The van der Waals surface area contributed by atoms with Gasteiger partial charge in [0.2, 0.25) is 11.8 Å². The van der Waals surface area contributed by atoms with E-state index in [0.717, 1.165) is 43.9 Å². The summed E-state index contributed by atoms with van der Waals surface area (Å²) in [5.74, 6) is 2.36. The van der Waals surface area contributed by atoms with Crippen LogP contribution in [0.3, 0.4) is 0 Å². The van der Waals surface area contributed by atoms with Crippen LogP contribution in [0, 0.1) is 19.8 Å². The number of aromatic nitrogens is 2. The summed E-state index contributed by atoms with van der Waals surface area (Å²) in [6.07, 6.45) is 9.08. The number of piperidine rings is 1. The highest BCUT2D eigenvalue weighted by atomic mass is 16.5. The topological polar surface area (TPSA) is 55.3 Å². The summed E-state index contributed by atoms with van der Waals surface area (Å²) in [4.78, 5) is 23.1. The van der Waals surface area contributed by atoms with Gasteiger partial charge in [-0.05, 0) is 32.6 Å². The predicted molar refractivity (Wildman–Crippen MR) is 92.9 cm³/mol.